The van der Waals surface area contributed by atoms with Crippen LogP contribution in [0.15, 0.2) is 95.3 Å². The van der Waals surface area contributed by atoms with Gasteiger partial charge in [0, 0.05) is 35.5 Å². The molecule has 5 heteroatoms. The molecule has 0 aliphatic heterocycles. The van der Waals surface area contributed by atoms with Crippen molar-refractivity contribution in [2.45, 2.75) is 37.0 Å². The Hall–Kier alpha value is -4.09. The van der Waals surface area contributed by atoms with Crippen molar-refractivity contribution in [3.8, 4) is 11.3 Å². The van der Waals surface area contributed by atoms with E-state index in [1.807, 2.05) is 12.4 Å². The maximum absolute atomic E-state index is 14.1. The molecule has 1 spiro atoms. The first kappa shape index (κ1) is 23.8. The molecule has 1 aromatic heterocycles. The zero-order chi connectivity index (χ0) is 27.3. The number of rotatable bonds is 4. The summed E-state index contributed by atoms with van der Waals surface area (Å²) in [7, 11) is 1.86. The van der Waals surface area contributed by atoms with Crippen molar-refractivity contribution < 1.29 is 4.79 Å². The van der Waals surface area contributed by atoms with Crippen LogP contribution < -0.4 is 5.32 Å². The van der Waals surface area contributed by atoms with E-state index < -0.39 is 5.41 Å². The number of aromatic nitrogens is 1. The van der Waals surface area contributed by atoms with Crippen molar-refractivity contribution in [1.29, 1.82) is 0 Å². The second-order valence-electron chi connectivity index (χ2n) is 11.8. The van der Waals surface area contributed by atoms with Crippen molar-refractivity contribution in [2.75, 3.05) is 12.4 Å². The third-order valence-electron chi connectivity index (χ3n) is 9.99. The Morgan fingerprint density at radius 1 is 0.950 bits per heavy atom. The highest BCUT2D eigenvalue weighted by molar-refractivity contribution is 7.14. The molecule has 4 unspecified atom stereocenters. The van der Waals surface area contributed by atoms with Crippen LogP contribution in [0.4, 0.5) is 5.13 Å². The molecule has 0 bridgehead atoms. The molecule has 3 aliphatic carbocycles. The molecule has 1 amide bonds. The topological polar surface area (TPSA) is 54.4 Å². The Balaban J connectivity index is 1.16. The van der Waals surface area contributed by atoms with Crippen molar-refractivity contribution in [3.63, 3.8) is 0 Å². The highest BCUT2D eigenvalue weighted by Gasteiger charge is 2.81. The number of nitrogens with one attached hydrogen (secondary N) is 1. The van der Waals surface area contributed by atoms with Gasteiger partial charge in [-0.2, -0.15) is 0 Å². The predicted octanol–water partition coefficient (Wildman–Crippen LogP) is 7.66. The minimum atomic E-state index is -0.560. The fraction of sp³-hybridized carbons (Fsp3) is 0.229. The number of anilines is 1. The Bertz CT molecular complexity index is 1910. The molecule has 3 aliphatic rings. The van der Waals surface area contributed by atoms with Gasteiger partial charge in [-0.1, -0.05) is 91.9 Å². The lowest BCUT2D eigenvalue weighted by atomic mass is 9.32. The number of hydrogen-bond acceptors (Lipinski definition) is 4. The zero-order valence-corrected chi connectivity index (χ0v) is 23.5. The number of aryl methyl sites for hydroxylation is 1. The average Bonchev–Trinajstić information content (AvgIpc) is 3.49. The van der Waals surface area contributed by atoms with Gasteiger partial charge in [-0.3, -0.25) is 9.79 Å². The summed E-state index contributed by atoms with van der Waals surface area (Å²) in [4.78, 5) is 23.6. The number of nitrogens with zero attached hydrogens (tertiary/aromatic N) is 2. The Morgan fingerprint density at radius 2 is 1.65 bits per heavy atom. The lowest BCUT2D eigenvalue weighted by Crippen LogP contribution is -2.71. The van der Waals surface area contributed by atoms with E-state index in [1.165, 1.54) is 49.9 Å². The maximum Gasteiger partial charge on any atom is 0.232 e. The van der Waals surface area contributed by atoms with E-state index in [0.717, 1.165) is 17.7 Å². The van der Waals surface area contributed by atoms with E-state index in [-0.39, 0.29) is 22.7 Å². The van der Waals surface area contributed by atoms with Crippen LogP contribution in [0, 0.1) is 12.3 Å². The number of carbonyl (C=O) groups is 1. The van der Waals surface area contributed by atoms with Crippen LogP contribution in [0.3, 0.4) is 0 Å². The molecule has 4 nitrogen and oxygen atoms in total. The van der Waals surface area contributed by atoms with Gasteiger partial charge in [0.2, 0.25) is 5.91 Å². The van der Waals surface area contributed by atoms with Gasteiger partial charge in [0.05, 0.1) is 16.5 Å². The summed E-state index contributed by atoms with van der Waals surface area (Å²) in [5.74, 6) is 0.116. The summed E-state index contributed by atoms with van der Waals surface area (Å²) in [6.45, 7) is 4.27. The predicted molar refractivity (Wildman–Crippen MR) is 164 cm³/mol. The first-order valence-electron chi connectivity index (χ1n) is 13.8. The number of fused-ring (bicyclic) bond motifs is 6. The van der Waals surface area contributed by atoms with Gasteiger partial charge in [-0.25, -0.2) is 4.98 Å². The fourth-order valence-corrected chi connectivity index (χ4v) is 9.25. The molecule has 40 heavy (non-hydrogen) atoms. The van der Waals surface area contributed by atoms with Crippen molar-refractivity contribution >= 4 is 39.4 Å². The number of thiazole rings is 1. The summed E-state index contributed by atoms with van der Waals surface area (Å²) in [5.41, 5.74) is 7.50. The molecular weight excluding hydrogens is 510 g/mol. The molecule has 5 aromatic rings. The third-order valence-corrected chi connectivity index (χ3v) is 10.8. The first-order chi connectivity index (χ1) is 19.5. The van der Waals surface area contributed by atoms with Crippen LogP contribution in [0.2, 0.25) is 0 Å². The molecule has 4 aromatic carbocycles. The van der Waals surface area contributed by atoms with Crippen LogP contribution in [0.1, 0.15) is 47.1 Å². The van der Waals surface area contributed by atoms with Crippen molar-refractivity contribution in [3.05, 3.63) is 118 Å². The minimum Gasteiger partial charge on any atom is -0.301 e. The third kappa shape index (κ3) is 2.64. The van der Waals surface area contributed by atoms with E-state index in [9.17, 15) is 4.79 Å². The number of hydrogen-bond donors (Lipinski definition) is 1. The molecule has 8 rings (SSSR count). The van der Waals surface area contributed by atoms with Gasteiger partial charge in [0.1, 0.15) is 0 Å². The molecule has 1 saturated carbocycles. The lowest BCUT2D eigenvalue weighted by Gasteiger charge is -2.69. The summed E-state index contributed by atoms with van der Waals surface area (Å²) in [6.07, 6.45) is 2.92. The molecule has 0 saturated heterocycles. The number of carbonyl (C=O) groups excluding carboxylic acids is 1. The van der Waals surface area contributed by atoms with E-state index in [4.69, 9.17) is 4.98 Å². The quantitative estimate of drug-likeness (QED) is 0.239. The molecule has 0 radical (unpaired) electrons. The second kappa shape index (κ2) is 7.98. The Labute approximate surface area is 237 Å². The normalized spacial score (nSPS) is 27.3. The SMILES string of the molecule is CN=CC12c3ccccc3C3C(C)(C(=O)Nc4nc(-c5ccc(C)c6ccccc56)cs4)CC31c1ccccc12. The molecule has 1 heterocycles. The average molecular weight is 540 g/mol. The number of benzene rings is 4. The van der Waals surface area contributed by atoms with E-state index >= 15 is 0 Å². The second-order valence-corrected chi connectivity index (χ2v) is 12.7. The standard InChI is InChI=1S/C35H29N3OS/c1-21-16-17-24(23-11-5-4-10-22(21)23)29-18-40-32(37-29)38-31(39)33(2)19-34-27-14-8-9-15-28(27)35(34,20-36-3)26-13-7-6-12-25(26)30(33)34/h4-18,20,30H,19H2,1-3H3,(H,37,38,39). The summed E-state index contributed by atoms with van der Waals surface area (Å²) in [6, 6.07) is 30.1. The molecular formula is C35H29N3OS. The first-order valence-corrected chi connectivity index (χ1v) is 14.7. The van der Waals surface area contributed by atoms with Gasteiger partial charge in [0.25, 0.3) is 0 Å². The fourth-order valence-electron chi connectivity index (χ4n) is 8.55. The van der Waals surface area contributed by atoms with Gasteiger partial charge in [-0.05, 0) is 51.9 Å². The number of aliphatic imine (C=N–C) groups is 1. The zero-order valence-electron chi connectivity index (χ0n) is 22.7. The summed E-state index contributed by atoms with van der Waals surface area (Å²) in [5, 5.41) is 8.34. The van der Waals surface area contributed by atoms with E-state index in [0.29, 0.717) is 5.13 Å². The van der Waals surface area contributed by atoms with Gasteiger partial charge >= 0.3 is 0 Å². The minimum absolute atomic E-state index is 0.0428. The van der Waals surface area contributed by atoms with Crippen LogP contribution in [0.5, 0.6) is 0 Å². The highest BCUT2D eigenvalue weighted by Crippen LogP contribution is 2.82. The van der Waals surface area contributed by atoms with Gasteiger partial charge in [-0.15, -0.1) is 11.3 Å². The maximum atomic E-state index is 14.1. The summed E-state index contributed by atoms with van der Waals surface area (Å²) < 4.78 is 0. The molecule has 4 atom stereocenters. The highest BCUT2D eigenvalue weighted by atomic mass is 32.1. The Morgan fingerprint density at radius 3 is 2.45 bits per heavy atom. The van der Waals surface area contributed by atoms with E-state index in [1.54, 1.807) is 0 Å². The van der Waals surface area contributed by atoms with Crippen molar-refractivity contribution in [1.82, 2.24) is 4.98 Å². The molecule has 1 fully saturated rings. The number of amides is 1. The van der Waals surface area contributed by atoms with Crippen LogP contribution >= 0.6 is 11.3 Å². The van der Waals surface area contributed by atoms with Crippen LogP contribution in [0.25, 0.3) is 22.0 Å². The van der Waals surface area contributed by atoms with Gasteiger partial charge < -0.3 is 5.32 Å². The largest absolute Gasteiger partial charge is 0.301 e. The van der Waals surface area contributed by atoms with E-state index in [2.05, 4.69) is 115 Å². The van der Waals surface area contributed by atoms with Crippen molar-refractivity contribution in [2.24, 2.45) is 10.4 Å². The lowest BCUT2D eigenvalue weighted by molar-refractivity contribution is -0.139. The Kier molecular flexibility index (Phi) is 4.74. The monoisotopic (exact) mass is 539 g/mol. The molecule has 196 valence electrons. The summed E-state index contributed by atoms with van der Waals surface area (Å²) >= 11 is 1.49. The molecule has 1 N–H and O–H groups in total. The van der Waals surface area contributed by atoms with Crippen LogP contribution in [-0.2, 0) is 15.6 Å². The van der Waals surface area contributed by atoms with Gasteiger partial charge in [0.15, 0.2) is 5.13 Å². The smallest absolute Gasteiger partial charge is 0.232 e. The van der Waals surface area contributed by atoms with Crippen LogP contribution in [-0.4, -0.2) is 24.2 Å².